The van der Waals surface area contributed by atoms with Crippen LogP contribution in [0.25, 0.3) is 0 Å². The van der Waals surface area contributed by atoms with Crippen molar-refractivity contribution in [1.82, 2.24) is 0 Å². The fourth-order valence-corrected chi connectivity index (χ4v) is 10.2. The standard InChI is InChI=1S/C70H130O6/c1-4-7-10-13-16-19-22-24-26-28-30-31-32-33-34-35-36-37-38-39-40-41-43-44-46-48-51-54-57-60-63-69(72)75-66-67(65-74-68(71)62-59-56-53-50-21-18-15-12-9-6-3)76-70(73)64-61-58-55-52-49-47-45-42-29-27-25-23-20-17-14-11-8-5-2/h12,15,20,23,27,29,67H,4-11,13-14,16-19,21-22,24-26,28,30-66H2,1-3H3/b15-12-,23-20-,29-27-. The summed E-state index contributed by atoms with van der Waals surface area (Å²) in [5.74, 6) is -0.872. The maximum atomic E-state index is 12.9. The molecule has 0 aromatic heterocycles. The topological polar surface area (TPSA) is 78.9 Å². The van der Waals surface area contributed by atoms with Gasteiger partial charge >= 0.3 is 17.9 Å². The third kappa shape index (κ3) is 62.5. The molecule has 0 aliphatic carbocycles. The molecule has 1 unspecified atom stereocenters. The molecule has 6 nitrogen and oxygen atoms in total. The van der Waals surface area contributed by atoms with Crippen LogP contribution in [-0.2, 0) is 28.6 Å². The first-order valence-corrected chi connectivity index (χ1v) is 34.0. The van der Waals surface area contributed by atoms with Crippen LogP contribution in [0.3, 0.4) is 0 Å². The fraction of sp³-hybridized carbons (Fsp3) is 0.871. The van der Waals surface area contributed by atoms with Crippen molar-refractivity contribution in [2.24, 2.45) is 0 Å². The summed E-state index contributed by atoms with van der Waals surface area (Å²) in [6, 6.07) is 0. The van der Waals surface area contributed by atoms with Crippen LogP contribution in [0.2, 0.25) is 0 Å². The zero-order valence-electron chi connectivity index (χ0n) is 51.3. The molecule has 76 heavy (non-hydrogen) atoms. The minimum Gasteiger partial charge on any atom is -0.462 e. The lowest BCUT2D eigenvalue weighted by Crippen LogP contribution is -2.30. The van der Waals surface area contributed by atoms with Gasteiger partial charge in [-0.25, -0.2) is 0 Å². The lowest BCUT2D eigenvalue weighted by molar-refractivity contribution is -0.167. The van der Waals surface area contributed by atoms with Gasteiger partial charge < -0.3 is 14.2 Å². The molecule has 0 rings (SSSR count). The van der Waals surface area contributed by atoms with Gasteiger partial charge in [0.05, 0.1) is 0 Å². The first-order chi connectivity index (χ1) is 37.5. The Labute approximate surface area is 474 Å². The molecular weight excluding hydrogens is 937 g/mol. The zero-order valence-corrected chi connectivity index (χ0v) is 51.3. The molecule has 0 saturated carbocycles. The Balaban J connectivity index is 4.09. The smallest absolute Gasteiger partial charge is 0.306 e. The van der Waals surface area contributed by atoms with Crippen LogP contribution in [0.15, 0.2) is 36.5 Å². The number of unbranched alkanes of at least 4 members (excludes halogenated alkanes) is 46. The molecular formula is C70H130O6. The van der Waals surface area contributed by atoms with Crippen LogP contribution < -0.4 is 0 Å². The highest BCUT2D eigenvalue weighted by Crippen LogP contribution is 2.18. The minimum absolute atomic E-state index is 0.0742. The van der Waals surface area contributed by atoms with Crippen LogP contribution in [0.4, 0.5) is 0 Å². The van der Waals surface area contributed by atoms with Gasteiger partial charge in [-0.15, -0.1) is 0 Å². The SMILES string of the molecule is CCC/C=C\CCCCCCCC(=O)OCC(COC(=O)CCCCCCCCCCCCCCCCCCCCCCCCCCCCCCCC)OC(=O)CCCCCCCCC/C=C\C/C=C\CCCCCC. The van der Waals surface area contributed by atoms with E-state index in [0.29, 0.717) is 19.3 Å². The molecule has 0 heterocycles. The van der Waals surface area contributed by atoms with Gasteiger partial charge in [-0.3, -0.25) is 14.4 Å². The van der Waals surface area contributed by atoms with Crippen molar-refractivity contribution in [3.8, 4) is 0 Å². The first-order valence-electron chi connectivity index (χ1n) is 34.0. The number of ether oxygens (including phenoxy) is 3. The molecule has 0 aliphatic heterocycles. The second-order valence-corrected chi connectivity index (χ2v) is 23.1. The lowest BCUT2D eigenvalue weighted by atomic mass is 10.0. The Kier molecular flexibility index (Phi) is 63.1. The van der Waals surface area contributed by atoms with E-state index in [4.69, 9.17) is 14.2 Å². The summed E-state index contributed by atoms with van der Waals surface area (Å²) in [4.78, 5) is 38.2. The number of hydrogen-bond acceptors (Lipinski definition) is 6. The summed E-state index contributed by atoms with van der Waals surface area (Å²) in [6.45, 7) is 6.61. The van der Waals surface area contributed by atoms with E-state index in [2.05, 4.69) is 57.2 Å². The normalized spacial score (nSPS) is 12.2. The second-order valence-electron chi connectivity index (χ2n) is 23.1. The second kappa shape index (κ2) is 65.2. The average molecular weight is 1070 g/mol. The fourth-order valence-electron chi connectivity index (χ4n) is 10.2. The van der Waals surface area contributed by atoms with Crippen molar-refractivity contribution in [3.63, 3.8) is 0 Å². The van der Waals surface area contributed by atoms with Crippen LogP contribution >= 0.6 is 0 Å². The highest BCUT2D eigenvalue weighted by molar-refractivity contribution is 5.71. The van der Waals surface area contributed by atoms with E-state index in [0.717, 1.165) is 83.5 Å². The zero-order chi connectivity index (χ0) is 55.0. The van der Waals surface area contributed by atoms with Gasteiger partial charge in [-0.1, -0.05) is 320 Å². The van der Waals surface area contributed by atoms with E-state index in [-0.39, 0.29) is 31.1 Å². The number of rotatable bonds is 63. The Bertz CT molecular complexity index is 1270. The van der Waals surface area contributed by atoms with Crippen molar-refractivity contribution in [3.05, 3.63) is 36.5 Å². The summed E-state index contributed by atoms with van der Waals surface area (Å²) in [6.07, 6.45) is 80.5. The maximum Gasteiger partial charge on any atom is 0.306 e. The number of esters is 3. The highest BCUT2D eigenvalue weighted by Gasteiger charge is 2.19. The van der Waals surface area contributed by atoms with Gasteiger partial charge in [-0.2, -0.15) is 0 Å². The van der Waals surface area contributed by atoms with Gasteiger partial charge in [-0.05, 0) is 70.6 Å². The predicted molar refractivity (Wildman–Crippen MR) is 330 cm³/mol. The molecule has 0 aromatic carbocycles. The van der Waals surface area contributed by atoms with Crippen LogP contribution in [0.1, 0.15) is 374 Å². The van der Waals surface area contributed by atoms with E-state index in [1.165, 1.54) is 250 Å². The van der Waals surface area contributed by atoms with E-state index < -0.39 is 6.10 Å². The summed E-state index contributed by atoms with van der Waals surface area (Å²) in [7, 11) is 0. The van der Waals surface area contributed by atoms with E-state index in [1.54, 1.807) is 0 Å². The van der Waals surface area contributed by atoms with Crippen LogP contribution in [0.5, 0.6) is 0 Å². The van der Waals surface area contributed by atoms with Crippen molar-refractivity contribution in [2.45, 2.75) is 380 Å². The minimum atomic E-state index is -0.778. The van der Waals surface area contributed by atoms with Gasteiger partial charge in [0, 0.05) is 19.3 Å². The maximum absolute atomic E-state index is 12.9. The molecule has 446 valence electrons. The van der Waals surface area contributed by atoms with Crippen molar-refractivity contribution >= 4 is 17.9 Å². The first kappa shape index (κ1) is 73.6. The Morgan fingerprint density at radius 3 is 0.803 bits per heavy atom. The van der Waals surface area contributed by atoms with Crippen molar-refractivity contribution < 1.29 is 28.6 Å². The third-order valence-corrected chi connectivity index (χ3v) is 15.3. The van der Waals surface area contributed by atoms with Crippen LogP contribution in [0, 0.1) is 0 Å². The monoisotopic (exact) mass is 1070 g/mol. The molecule has 0 aliphatic rings. The molecule has 0 N–H and O–H groups in total. The highest BCUT2D eigenvalue weighted by atomic mass is 16.6. The van der Waals surface area contributed by atoms with Gasteiger partial charge in [0.15, 0.2) is 6.10 Å². The Hall–Kier alpha value is -2.37. The van der Waals surface area contributed by atoms with Crippen molar-refractivity contribution in [2.75, 3.05) is 13.2 Å². The summed E-state index contributed by atoms with van der Waals surface area (Å²) in [5, 5.41) is 0. The van der Waals surface area contributed by atoms with Gasteiger partial charge in [0.1, 0.15) is 13.2 Å². The molecule has 0 saturated heterocycles. The predicted octanol–water partition coefficient (Wildman–Crippen LogP) is 23.2. The molecule has 0 amide bonds. The molecule has 0 aromatic rings. The molecule has 0 spiro atoms. The summed E-state index contributed by atoms with van der Waals surface area (Å²) >= 11 is 0. The quantitative estimate of drug-likeness (QED) is 0.0261. The number of carbonyl (C=O) groups excluding carboxylic acids is 3. The van der Waals surface area contributed by atoms with E-state index >= 15 is 0 Å². The Morgan fingerprint density at radius 1 is 0.263 bits per heavy atom. The van der Waals surface area contributed by atoms with Gasteiger partial charge in [0.25, 0.3) is 0 Å². The molecule has 0 radical (unpaired) electrons. The number of allylic oxidation sites excluding steroid dienone is 6. The lowest BCUT2D eigenvalue weighted by Gasteiger charge is -2.18. The number of carbonyl (C=O) groups is 3. The van der Waals surface area contributed by atoms with E-state index in [1.807, 2.05) is 0 Å². The van der Waals surface area contributed by atoms with Crippen molar-refractivity contribution in [1.29, 1.82) is 0 Å². The van der Waals surface area contributed by atoms with Gasteiger partial charge in [0.2, 0.25) is 0 Å². The average Bonchev–Trinajstić information content (AvgIpc) is 3.42. The number of hydrogen-bond donors (Lipinski definition) is 0. The van der Waals surface area contributed by atoms with Crippen LogP contribution in [-0.4, -0.2) is 37.2 Å². The summed E-state index contributed by atoms with van der Waals surface area (Å²) in [5.41, 5.74) is 0. The van der Waals surface area contributed by atoms with E-state index in [9.17, 15) is 14.4 Å². The largest absolute Gasteiger partial charge is 0.462 e. The summed E-state index contributed by atoms with van der Waals surface area (Å²) < 4.78 is 16.9. The molecule has 1 atom stereocenters. The molecule has 6 heteroatoms. The third-order valence-electron chi connectivity index (χ3n) is 15.3. The Morgan fingerprint density at radius 2 is 0.500 bits per heavy atom. The molecule has 0 bridgehead atoms. The molecule has 0 fully saturated rings.